The number of hydrogen-bond acceptors (Lipinski definition) is 2. The van der Waals surface area contributed by atoms with Gasteiger partial charge >= 0.3 is 0 Å². The molecule has 2 nitrogen and oxygen atoms in total. The van der Waals surface area contributed by atoms with Crippen molar-refractivity contribution in [2.45, 2.75) is 19.9 Å². The molecule has 0 rings (SSSR count). The molecule has 0 aromatic heterocycles. The number of rotatable bonds is 4. The zero-order chi connectivity index (χ0) is 7.98. The zero-order valence-electron chi connectivity index (χ0n) is 7.04. The summed E-state index contributed by atoms with van der Waals surface area (Å²) < 4.78 is 0. The van der Waals surface area contributed by atoms with Gasteiger partial charge in [-0.15, -0.1) is 0 Å². The van der Waals surface area contributed by atoms with Gasteiger partial charge in [-0.25, -0.2) is 0 Å². The Bertz CT molecular complexity index is 101. The summed E-state index contributed by atoms with van der Waals surface area (Å²) in [5.74, 6) is 0. The lowest BCUT2D eigenvalue weighted by Gasteiger charge is -2.20. The second-order valence-corrected chi connectivity index (χ2v) is 2.54. The molecule has 0 fully saturated rings. The summed E-state index contributed by atoms with van der Waals surface area (Å²) in [7, 11) is 2.00. The fourth-order valence-electron chi connectivity index (χ4n) is 0.591. The Labute approximate surface area is 63.2 Å². The minimum atomic E-state index is 0.230. The molecule has 0 saturated carbocycles. The van der Waals surface area contributed by atoms with Gasteiger partial charge in [-0.05, 0) is 20.9 Å². The molecule has 0 aliphatic carbocycles. The topological polar surface area (TPSA) is 23.5 Å². The van der Waals surface area contributed by atoms with E-state index in [1.807, 2.05) is 27.0 Å². The van der Waals surface area contributed by atoms with Crippen LogP contribution in [0.1, 0.15) is 13.8 Å². The molecule has 0 aliphatic rings. The maximum absolute atomic E-state index is 8.74. The van der Waals surface area contributed by atoms with Crippen LogP contribution in [-0.2, 0) is 0 Å². The molecule has 1 unspecified atom stereocenters. The van der Waals surface area contributed by atoms with Gasteiger partial charge < -0.3 is 5.11 Å². The Hall–Kier alpha value is -0.340. The van der Waals surface area contributed by atoms with E-state index in [9.17, 15) is 0 Å². The van der Waals surface area contributed by atoms with Crippen LogP contribution < -0.4 is 0 Å². The van der Waals surface area contributed by atoms with Crippen molar-refractivity contribution >= 4 is 0 Å². The van der Waals surface area contributed by atoms with Crippen molar-refractivity contribution in [1.82, 2.24) is 4.90 Å². The van der Waals surface area contributed by atoms with Crippen molar-refractivity contribution in [2.24, 2.45) is 0 Å². The van der Waals surface area contributed by atoms with Crippen molar-refractivity contribution in [2.75, 3.05) is 20.2 Å². The van der Waals surface area contributed by atoms with Gasteiger partial charge in [0.25, 0.3) is 0 Å². The fraction of sp³-hybridized carbons (Fsp3) is 0.750. The Kier molecular flexibility index (Phi) is 5.26. The third-order valence-corrected chi connectivity index (χ3v) is 1.65. The van der Waals surface area contributed by atoms with Crippen LogP contribution in [0.5, 0.6) is 0 Å². The maximum Gasteiger partial charge on any atom is 0.0584 e. The minimum absolute atomic E-state index is 0.230. The van der Waals surface area contributed by atoms with Gasteiger partial charge in [-0.2, -0.15) is 0 Å². The summed E-state index contributed by atoms with van der Waals surface area (Å²) in [6, 6.07) is 0.260. The molecule has 0 saturated heterocycles. The van der Waals surface area contributed by atoms with Crippen LogP contribution in [0.2, 0.25) is 0 Å². The van der Waals surface area contributed by atoms with Crippen LogP contribution >= 0.6 is 0 Å². The van der Waals surface area contributed by atoms with E-state index in [4.69, 9.17) is 5.11 Å². The normalized spacial score (nSPS) is 14.9. The molecule has 0 aromatic carbocycles. The summed E-state index contributed by atoms with van der Waals surface area (Å²) in [6.45, 7) is 5.15. The average Bonchev–Trinajstić information content (AvgIpc) is 1.98. The summed E-state index contributed by atoms with van der Waals surface area (Å²) in [6.07, 6.45) is 4.09. The Morgan fingerprint density at radius 3 is 2.60 bits per heavy atom. The molecule has 0 amide bonds. The molecule has 2 heteroatoms. The molecular weight excluding hydrogens is 126 g/mol. The molecule has 10 heavy (non-hydrogen) atoms. The van der Waals surface area contributed by atoms with Crippen LogP contribution in [0.25, 0.3) is 0 Å². The number of nitrogens with zero attached hydrogens (tertiary/aromatic N) is 1. The van der Waals surface area contributed by atoms with Crippen LogP contribution in [0, 0.1) is 0 Å². The molecular formula is C8H17NO. The first kappa shape index (κ1) is 9.66. The minimum Gasteiger partial charge on any atom is -0.395 e. The first-order valence-corrected chi connectivity index (χ1v) is 3.64. The Morgan fingerprint density at radius 1 is 1.60 bits per heavy atom. The van der Waals surface area contributed by atoms with E-state index >= 15 is 0 Å². The molecule has 0 radical (unpaired) electrons. The van der Waals surface area contributed by atoms with E-state index in [-0.39, 0.29) is 12.6 Å². The smallest absolute Gasteiger partial charge is 0.0584 e. The highest BCUT2D eigenvalue weighted by Gasteiger charge is 2.03. The molecule has 1 atom stereocenters. The predicted molar refractivity (Wildman–Crippen MR) is 44.0 cm³/mol. The van der Waals surface area contributed by atoms with Crippen molar-refractivity contribution < 1.29 is 5.11 Å². The molecule has 0 heterocycles. The van der Waals surface area contributed by atoms with Gasteiger partial charge in [0.05, 0.1) is 6.61 Å². The van der Waals surface area contributed by atoms with Crippen molar-refractivity contribution in [3.8, 4) is 0 Å². The second-order valence-electron chi connectivity index (χ2n) is 2.54. The predicted octanol–water partition coefficient (Wildman–Crippen LogP) is 0.875. The van der Waals surface area contributed by atoms with Crippen LogP contribution in [0.4, 0.5) is 0 Å². The van der Waals surface area contributed by atoms with Gasteiger partial charge in [0.1, 0.15) is 0 Å². The van der Waals surface area contributed by atoms with E-state index in [0.717, 1.165) is 6.54 Å². The molecule has 60 valence electrons. The second kappa shape index (κ2) is 5.45. The lowest BCUT2D eigenvalue weighted by molar-refractivity contribution is 0.170. The van der Waals surface area contributed by atoms with Crippen LogP contribution in [-0.4, -0.2) is 36.2 Å². The van der Waals surface area contributed by atoms with Gasteiger partial charge in [-0.1, -0.05) is 12.2 Å². The average molecular weight is 143 g/mol. The Balaban J connectivity index is 3.50. The van der Waals surface area contributed by atoms with Gasteiger partial charge in [0, 0.05) is 12.6 Å². The zero-order valence-corrected chi connectivity index (χ0v) is 7.04. The lowest BCUT2D eigenvalue weighted by Crippen LogP contribution is -2.31. The number of hydrogen-bond donors (Lipinski definition) is 1. The van der Waals surface area contributed by atoms with E-state index < -0.39 is 0 Å². The first-order chi connectivity index (χ1) is 4.72. The Morgan fingerprint density at radius 2 is 2.20 bits per heavy atom. The summed E-state index contributed by atoms with van der Waals surface area (Å²) in [5, 5.41) is 8.74. The van der Waals surface area contributed by atoms with Crippen molar-refractivity contribution in [1.29, 1.82) is 0 Å². The van der Waals surface area contributed by atoms with E-state index in [0.29, 0.717) is 0 Å². The fourth-order valence-corrected chi connectivity index (χ4v) is 0.591. The SMILES string of the molecule is C/C=C/CN(C)C(C)CO. The van der Waals surface area contributed by atoms with Gasteiger partial charge in [0.2, 0.25) is 0 Å². The summed E-state index contributed by atoms with van der Waals surface area (Å²) in [4.78, 5) is 2.10. The molecule has 0 aliphatic heterocycles. The quantitative estimate of drug-likeness (QED) is 0.590. The number of likely N-dealkylation sites (N-methyl/N-ethyl adjacent to an activating group) is 1. The highest BCUT2D eigenvalue weighted by Crippen LogP contribution is 1.92. The van der Waals surface area contributed by atoms with E-state index in [2.05, 4.69) is 11.0 Å². The van der Waals surface area contributed by atoms with E-state index in [1.54, 1.807) is 0 Å². The molecule has 0 aromatic rings. The number of aliphatic hydroxyl groups is 1. The van der Waals surface area contributed by atoms with Crippen LogP contribution in [0.3, 0.4) is 0 Å². The highest BCUT2D eigenvalue weighted by molar-refractivity contribution is 4.81. The van der Waals surface area contributed by atoms with Gasteiger partial charge in [0.15, 0.2) is 0 Å². The van der Waals surface area contributed by atoms with Crippen molar-refractivity contribution in [3.05, 3.63) is 12.2 Å². The highest BCUT2D eigenvalue weighted by atomic mass is 16.3. The maximum atomic E-state index is 8.74. The third kappa shape index (κ3) is 3.64. The summed E-state index contributed by atoms with van der Waals surface area (Å²) >= 11 is 0. The third-order valence-electron chi connectivity index (χ3n) is 1.65. The molecule has 0 spiro atoms. The molecule has 1 N–H and O–H groups in total. The lowest BCUT2D eigenvalue weighted by atomic mass is 10.3. The van der Waals surface area contributed by atoms with Crippen LogP contribution in [0.15, 0.2) is 12.2 Å². The van der Waals surface area contributed by atoms with E-state index in [1.165, 1.54) is 0 Å². The van der Waals surface area contributed by atoms with Gasteiger partial charge in [-0.3, -0.25) is 4.90 Å². The van der Waals surface area contributed by atoms with Crippen molar-refractivity contribution in [3.63, 3.8) is 0 Å². The monoisotopic (exact) mass is 143 g/mol. The summed E-state index contributed by atoms with van der Waals surface area (Å²) in [5.41, 5.74) is 0. The molecule has 0 bridgehead atoms. The number of aliphatic hydroxyl groups excluding tert-OH is 1. The standard InChI is InChI=1S/C8H17NO/c1-4-5-6-9(3)8(2)7-10/h4-5,8,10H,6-7H2,1-3H3/b5-4+. The first-order valence-electron chi connectivity index (χ1n) is 3.64. The number of allylic oxidation sites excluding steroid dienone is 1. The largest absolute Gasteiger partial charge is 0.395 e.